The van der Waals surface area contributed by atoms with Gasteiger partial charge in [0, 0.05) is 19.2 Å². The van der Waals surface area contributed by atoms with Crippen molar-refractivity contribution in [3.63, 3.8) is 0 Å². The SMILES string of the molecule is CCN(CC)CCCCNCc1cc([C]CCC2CCCCC2)ccn1. The number of unbranched alkanes of at least 4 members (excludes halogenated alkanes) is 1. The van der Waals surface area contributed by atoms with Crippen LogP contribution in [0.5, 0.6) is 0 Å². The van der Waals surface area contributed by atoms with Crippen molar-refractivity contribution < 1.29 is 0 Å². The molecule has 0 atom stereocenters. The molecule has 2 radical (unpaired) electrons. The maximum atomic E-state index is 4.50. The minimum absolute atomic E-state index is 0.864. The van der Waals surface area contributed by atoms with Crippen LogP contribution in [0.3, 0.4) is 0 Å². The lowest BCUT2D eigenvalue weighted by molar-refractivity contribution is 0.296. The van der Waals surface area contributed by atoms with E-state index in [-0.39, 0.29) is 0 Å². The number of rotatable bonds is 13. The van der Waals surface area contributed by atoms with E-state index in [1.165, 1.54) is 63.5 Å². The van der Waals surface area contributed by atoms with Crippen LogP contribution in [0.2, 0.25) is 0 Å². The second kappa shape index (κ2) is 13.3. The minimum atomic E-state index is 0.864. The first-order chi connectivity index (χ1) is 12.8. The van der Waals surface area contributed by atoms with Gasteiger partial charge in [-0.3, -0.25) is 4.98 Å². The Morgan fingerprint density at radius 3 is 2.73 bits per heavy atom. The zero-order valence-electron chi connectivity index (χ0n) is 17.1. The third-order valence-electron chi connectivity index (χ3n) is 5.70. The molecular weight excluding hydrogens is 318 g/mol. The number of nitrogens with zero attached hydrogens (tertiary/aromatic N) is 2. The summed E-state index contributed by atoms with van der Waals surface area (Å²) < 4.78 is 0. The van der Waals surface area contributed by atoms with E-state index in [0.29, 0.717) is 0 Å². The molecular formula is C23H39N3. The lowest BCUT2D eigenvalue weighted by Gasteiger charge is -2.21. The molecule has 26 heavy (non-hydrogen) atoms. The van der Waals surface area contributed by atoms with Gasteiger partial charge < -0.3 is 10.2 Å². The van der Waals surface area contributed by atoms with Crippen LogP contribution in [0.4, 0.5) is 0 Å². The van der Waals surface area contributed by atoms with Crippen LogP contribution >= 0.6 is 0 Å². The molecule has 3 heteroatoms. The monoisotopic (exact) mass is 357 g/mol. The molecule has 0 spiro atoms. The van der Waals surface area contributed by atoms with Crippen LogP contribution in [-0.4, -0.2) is 36.1 Å². The molecule has 1 saturated carbocycles. The van der Waals surface area contributed by atoms with Crippen molar-refractivity contribution in [1.29, 1.82) is 0 Å². The highest BCUT2D eigenvalue weighted by Gasteiger charge is 2.12. The molecule has 1 aliphatic rings. The Morgan fingerprint density at radius 2 is 1.96 bits per heavy atom. The zero-order valence-corrected chi connectivity index (χ0v) is 17.1. The number of hydrogen-bond acceptors (Lipinski definition) is 3. The zero-order chi connectivity index (χ0) is 18.5. The normalized spacial score (nSPS) is 15.7. The summed E-state index contributed by atoms with van der Waals surface area (Å²) in [5.41, 5.74) is 2.35. The highest BCUT2D eigenvalue weighted by molar-refractivity contribution is 5.23. The fraction of sp³-hybridized carbons (Fsp3) is 0.739. The molecule has 1 fully saturated rings. The first-order valence-electron chi connectivity index (χ1n) is 10.9. The van der Waals surface area contributed by atoms with Gasteiger partial charge in [0.05, 0.1) is 5.69 Å². The van der Waals surface area contributed by atoms with Crippen LogP contribution in [0.25, 0.3) is 0 Å². The second-order valence-corrected chi connectivity index (χ2v) is 7.67. The third kappa shape index (κ3) is 8.64. The first-order valence-corrected chi connectivity index (χ1v) is 10.9. The number of hydrogen-bond donors (Lipinski definition) is 1. The van der Waals surface area contributed by atoms with Crippen LogP contribution < -0.4 is 5.32 Å². The largest absolute Gasteiger partial charge is 0.311 e. The van der Waals surface area contributed by atoms with Crippen LogP contribution in [-0.2, 0) is 6.54 Å². The van der Waals surface area contributed by atoms with E-state index in [1.807, 2.05) is 6.20 Å². The van der Waals surface area contributed by atoms with Gasteiger partial charge in [-0.25, -0.2) is 0 Å². The van der Waals surface area contributed by atoms with Gasteiger partial charge in [-0.1, -0.05) is 46.0 Å². The summed E-state index contributed by atoms with van der Waals surface area (Å²) in [4.78, 5) is 6.99. The van der Waals surface area contributed by atoms with Crippen molar-refractivity contribution in [3.8, 4) is 0 Å². The topological polar surface area (TPSA) is 28.2 Å². The van der Waals surface area contributed by atoms with Crippen molar-refractivity contribution >= 4 is 0 Å². The smallest absolute Gasteiger partial charge is 0.0544 e. The van der Waals surface area contributed by atoms with Crippen LogP contribution in [0, 0.1) is 12.3 Å². The van der Waals surface area contributed by atoms with Gasteiger partial charge in [0.1, 0.15) is 0 Å². The van der Waals surface area contributed by atoms with E-state index in [2.05, 4.69) is 47.6 Å². The van der Waals surface area contributed by atoms with E-state index >= 15 is 0 Å². The minimum Gasteiger partial charge on any atom is -0.311 e. The van der Waals surface area contributed by atoms with E-state index < -0.39 is 0 Å². The van der Waals surface area contributed by atoms with E-state index in [0.717, 1.165) is 44.2 Å². The summed E-state index contributed by atoms with van der Waals surface area (Å²) in [6.07, 6.45) is 17.6. The van der Waals surface area contributed by atoms with Crippen molar-refractivity contribution in [1.82, 2.24) is 15.2 Å². The Morgan fingerprint density at radius 1 is 1.15 bits per heavy atom. The van der Waals surface area contributed by atoms with Crippen LogP contribution in [0.15, 0.2) is 18.3 Å². The van der Waals surface area contributed by atoms with Crippen molar-refractivity contribution in [2.45, 2.75) is 78.2 Å². The van der Waals surface area contributed by atoms with Gasteiger partial charge in [0.2, 0.25) is 0 Å². The molecule has 1 aromatic heterocycles. The highest BCUT2D eigenvalue weighted by Crippen LogP contribution is 2.28. The second-order valence-electron chi connectivity index (χ2n) is 7.67. The molecule has 1 heterocycles. The van der Waals surface area contributed by atoms with E-state index in [9.17, 15) is 0 Å². The highest BCUT2D eigenvalue weighted by atomic mass is 15.1. The standard InChI is InChI=1S/C23H39N3/c1-3-26(4-2)18-9-8-16-24-20-23-19-22(15-17-25-23)14-10-13-21-11-6-5-7-12-21/h15,17,19,21,24H,3-13,16,18,20H2,1-2H3. The van der Waals surface area contributed by atoms with Gasteiger partial charge in [0.25, 0.3) is 0 Å². The fourth-order valence-electron chi connectivity index (χ4n) is 3.92. The van der Waals surface area contributed by atoms with Crippen molar-refractivity contribution in [3.05, 3.63) is 36.0 Å². The molecule has 0 unspecified atom stereocenters. The van der Waals surface area contributed by atoms with E-state index in [4.69, 9.17) is 0 Å². The molecule has 1 N–H and O–H groups in total. The lowest BCUT2D eigenvalue weighted by atomic mass is 9.85. The maximum absolute atomic E-state index is 4.50. The summed E-state index contributed by atoms with van der Waals surface area (Å²) in [5, 5.41) is 3.54. The third-order valence-corrected chi connectivity index (χ3v) is 5.70. The van der Waals surface area contributed by atoms with Gasteiger partial charge in [-0.15, -0.1) is 0 Å². The number of nitrogens with one attached hydrogen (secondary N) is 1. The fourth-order valence-corrected chi connectivity index (χ4v) is 3.92. The van der Waals surface area contributed by atoms with E-state index in [1.54, 1.807) is 0 Å². The van der Waals surface area contributed by atoms with Gasteiger partial charge in [0.15, 0.2) is 0 Å². The average molecular weight is 358 g/mol. The Balaban J connectivity index is 1.57. The van der Waals surface area contributed by atoms with Gasteiger partial charge >= 0.3 is 0 Å². The number of pyridine rings is 1. The number of aromatic nitrogens is 1. The molecule has 0 bridgehead atoms. The molecule has 0 amide bonds. The quantitative estimate of drug-likeness (QED) is 0.499. The average Bonchev–Trinajstić information content (AvgIpc) is 2.69. The molecule has 0 saturated heterocycles. The molecule has 0 aromatic carbocycles. The van der Waals surface area contributed by atoms with Crippen molar-refractivity contribution in [2.24, 2.45) is 5.92 Å². The Bertz CT molecular complexity index is 464. The van der Waals surface area contributed by atoms with Crippen molar-refractivity contribution in [2.75, 3.05) is 26.2 Å². The summed E-state index contributed by atoms with van der Waals surface area (Å²) in [6, 6.07) is 4.29. The maximum Gasteiger partial charge on any atom is 0.0544 e. The Kier molecular flexibility index (Phi) is 10.9. The summed E-state index contributed by atoms with van der Waals surface area (Å²) in [6.45, 7) is 9.95. The summed E-state index contributed by atoms with van der Waals surface area (Å²) in [7, 11) is 0. The summed E-state index contributed by atoms with van der Waals surface area (Å²) >= 11 is 0. The van der Waals surface area contributed by atoms with Gasteiger partial charge in [-0.2, -0.15) is 0 Å². The molecule has 1 aromatic rings. The molecule has 1 aliphatic carbocycles. The lowest BCUT2D eigenvalue weighted by Crippen LogP contribution is -2.25. The Hall–Kier alpha value is -0.930. The predicted octanol–water partition coefficient (Wildman–Crippen LogP) is 5.08. The molecule has 2 rings (SSSR count). The van der Waals surface area contributed by atoms with Gasteiger partial charge in [-0.05, 0) is 75.5 Å². The predicted molar refractivity (Wildman–Crippen MR) is 111 cm³/mol. The molecule has 0 aliphatic heterocycles. The summed E-state index contributed by atoms with van der Waals surface area (Å²) in [5.74, 6) is 0.940. The first kappa shape index (κ1) is 21.4. The molecule has 3 nitrogen and oxygen atoms in total. The Labute approximate surface area is 162 Å². The molecule has 146 valence electrons. The van der Waals surface area contributed by atoms with Crippen LogP contribution in [0.1, 0.15) is 82.9 Å².